The van der Waals surface area contributed by atoms with Crippen LogP contribution in [0.4, 0.5) is 11.4 Å². The smallest absolute Gasteiger partial charge is 0.229 e. The number of anilines is 2. The summed E-state index contributed by atoms with van der Waals surface area (Å²) >= 11 is 0. The quantitative estimate of drug-likeness (QED) is 0.895. The van der Waals surface area contributed by atoms with Gasteiger partial charge in [0.05, 0.1) is 11.9 Å². The molecule has 2 rings (SSSR count). The molecule has 0 heterocycles. The van der Waals surface area contributed by atoms with Crippen molar-refractivity contribution in [2.75, 3.05) is 16.3 Å². The van der Waals surface area contributed by atoms with E-state index in [0.717, 1.165) is 24.8 Å². The van der Waals surface area contributed by atoms with Crippen LogP contribution in [-0.4, -0.2) is 20.7 Å². The molecule has 2 N–H and O–H groups in total. The molecule has 0 bridgehead atoms. The summed E-state index contributed by atoms with van der Waals surface area (Å²) in [6, 6.07) is 7.93. The molecule has 0 aromatic heterocycles. The third-order valence-electron chi connectivity index (χ3n) is 3.88. The van der Waals surface area contributed by atoms with E-state index in [1.165, 1.54) is 12.8 Å². The summed E-state index contributed by atoms with van der Waals surface area (Å²) < 4.78 is 25.0. The summed E-state index contributed by atoms with van der Waals surface area (Å²) in [6.45, 7) is 4.64. The van der Waals surface area contributed by atoms with Crippen molar-refractivity contribution in [1.82, 2.24) is 0 Å². The maximum absolute atomic E-state index is 11.2. The van der Waals surface area contributed by atoms with Gasteiger partial charge in [0.15, 0.2) is 0 Å². The number of benzene rings is 1. The van der Waals surface area contributed by atoms with E-state index >= 15 is 0 Å². The van der Waals surface area contributed by atoms with E-state index < -0.39 is 10.0 Å². The molecule has 0 spiro atoms. The fourth-order valence-corrected chi connectivity index (χ4v) is 3.22. The summed E-state index contributed by atoms with van der Waals surface area (Å²) in [5, 5.41) is 3.51. The van der Waals surface area contributed by atoms with Crippen LogP contribution in [0.25, 0.3) is 0 Å². The highest BCUT2D eigenvalue weighted by Crippen LogP contribution is 2.36. The first-order valence-corrected chi connectivity index (χ1v) is 8.97. The van der Waals surface area contributed by atoms with Gasteiger partial charge in [-0.1, -0.05) is 19.9 Å². The topological polar surface area (TPSA) is 58.2 Å². The van der Waals surface area contributed by atoms with Crippen LogP contribution in [0.1, 0.15) is 39.5 Å². The fourth-order valence-electron chi connectivity index (χ4n) is 2.67. The minimum absolute atomic E-state index is 0.456. The van der Waals surface area contributed by atoms with Crippen molar-refractivity contribution in [3.63, 3.8) is 0 Å². The molecule has 0 aliphatic heterocycles. The molecule has 1 aliphatic rings. The van der Waals surface area contributed by atoms with Crippen LogP contribution in [0.3, 0.4) is 0 Å². The van der Waals surface area contributed by atoms with Gasteiger partial charge in [-0.25, -0.2) is 8.42 Å². The summed E-state index contributed by atoms with van der Waals surface area (Å²) in [4.78, 5) is 0. The molecular formula is C15H24N2O2S. The minimum atomic E-state index is -3.22. The van der Waals surface area contributed by atoms with E-state index in [9.17, 15) is 8.42 Å². The predicted octanol–water partition coefficient (Wildman–Crippen LogP) is 3.44. The van der Waals surface area contributed by atoms with Gasteiger partial charge in [-0.05, 0) is 49.3 Å². The van der Waals surface area contributed by atoms with Gasteiger partial charge in [0.25, 0.3) is 0 Å². The number of hydrogen-bond acceptors (Lipinski definition) is 3. The second kappa shape index (κ2) is 5.64. The normalized spacial score (nSPS) is 19.6. The Morgan fingerprint density at radius 3 is 2.35 bits per heavy atom. The molecule has 0 saturated heterocycles. The van der Waals surface area contributed by atoms with Crippen molar-refractivity contribution in [2.45, 2.75) is 45.6 Å². The Balaban J connectivity index is 1.98. The van der Waals surface area contributed by atoms with Gasteiger partial charge in [-0.2, -0.15) is 0 Å². The Labute approximate surface area is 122 Å². The highest BCUT2D eigenvalue weighted by Gasteiger charge is 2.26. The van der Waals surface area contributed by atoms with Crippen LogP contribution in [0, 0.1) is 5.41 Å². The Morgan fingerprint density at radius 1 is 1.15 bits per heavy atom. The zero-order valence-electron chi connectivity index (χ0n) is 12.4. The van der Waals surface area contributed by atoms with Crippen LogP contribution in [-0.2, 0) is 10.0 Å². The van der Waals surface area contributed by atoms with Crippen LogP contribution in [0.2, 0.25) is 0 Å². The zero-order valence-corrected chi connectivity index (χ0v) is 13.3. The molecule has 1 aromatic carbocycles. The van der Waals surface area contributed by atoms with Crippen LogP contribution < -0.4 is 10.0 Å². The number of nitrogens with one attached hydrogen (secondary N) is 2. The standard InChI is InChI=1S/C15H24N2O2S/c1-15(2)9-7-12(8-10-15)16-13-5-4-6-14(11-13)17-20(3,18)19/h4-6,11-12,16-17H,7-10H2,1-3H3. The van der Waals surface area contributed by atoms with Crippen LogP contribution in [0.5, 0.6) is 0 Å². The molecule has 0 unspecified atom stereocenters. The molecule has 0 atom stereocenters. The average molecular weight is 296 g/mol. The Hall–Kier alpha value is -1.23. The van der Waals surface area contributed by atoms with Gasteiger partial charge in [-0.3, -0.25) is 4.72 Å². The molecule has 1 aliphatic carbocycles. The molecule has 1 fully saturated rings. The molecular weight excluding hydrogens is 272 g/mol. The fraction of sp³-hybridized carbons (Fsp3) is 0.600. The maximum atomic E-state index is 11.2. The molecule has 1 aromatic rings. The first-order chi connectivity index (χ1) is 9.23. The van der Waals surface area contributed by atoms with Crippen LogP contribution in [0.15, 0.2) is 24.3 Å². The molecule has 1 saturated carbocycles. The van der Waals surface area contributed by atoms with E-state index in [0.29, 0.717) is 17.1 Å². The van der Waals surface area contributed by atoms with E-state index in [4.69, 9.17) is 0 Å². The lowest BCUT2D eigenvalue weighted by Gasteiger charge is -2.35. The second-order valence-electron chi connectivity index (χ2n) is 6.54. The lowest BCUT2D eigenvalue weighted by molar-refractivity contribution is 0.232. The average Bonchev–Trinajstić information content (AvgIpc) is 2.30. The van der Waals surface area contributed by atoms with E-state index in [2.05, 4.69) is 23.9 Å². The maximum Gasteiger partial charge on any atom is 0.229 e. The van der Waals surface area contributed by atoms with Crippen molar-refractivity contribution >= 4 is 21.4 Å². The monoisotopic (exact) mass is 296 g/mol. The van der Waals surface area contributed by atoms with Crippen LogP contribution >= 0.6 is 0 Å². The molecule has 20 heavy (non-hydrogen) atoms. The van der Waals surface area contributed by atoms with Gasteiger partial charge in [-0.15, -0.1) is 0 Å². The van der Waals surface area contributed by atoms with E-state index in [-0.39, 0.29) is 0 Å². The first kappa shape index (κ1) is 15.2. The zero-order chi connectivity index (χ0) is 14.8. The number of sulfonamides is 1. The van der Waals surface area contributed by atoms with E-state index in [1.807, 2.05) is 18.2 Å². The largest absolute Gasteiger partial charge is 0.382 e. The van der Waals surface area contributed by atoms with Crippen molar-refractivity contribution in [3.05, 3.63) is 24.3 Å². The molecule has 0 amide bonds. The third kappa shape index (κ3) is 4.71. The Kier molecular flexibility index (Phi) is 4.28. The molecule has 4 nitrogen and oxygen atoms in total. The molecule has 5 heteroatoms. The van der Waals surface area contributed by atoms with Gasteiger partial charge >= 0.3 is 0 Å². The van der Waals surface area contributed by atoms with Gasteiger partial charge in [0.1, 0.15) is 0 Å². The third-order valence-corrected chi connectivity index (χ3v) is 4.48. The number of hydrogen-bond donors (Lipinski definition) is 2. The van der Waals surface area contributed by atoms with Gasteiger partial charge in [0, 0.05) is 11.7 Å². The minimum Gasteiger partial charge on any atom is -0.382 e. The number of rotatable bonds is 4. The molecule has 0 radical (unpaired) electrons. The van der Waals surface area contributed by atoms with Crippen molar-refractivity contribution in [3.8, 4) is 0 Å². The predicted molar refractivity (Wildman–Crippen MR) is 84.6 cm³/mol. The van der Waals surface area contributed by atoms with Gasteiger partial charge in [0.2, 0.25) is 10.0 Å². The summed E-state index contributed by atoms with van der Waals surface area (Å²) in [6.07, 6.45) is 5.95. The van der Waals surface area contributed by atoms with Crippen molar-refractivity contribution in [2.24, 2.45) is 5.41 Å². The second-order valence-corrected chi connectivity index (χ2v) is 8.29. The SMILES string of the molecule is CC1(C)CCC(Nc2cccc(NS(C)(=O)=O)c2)CC1. The first-order valence-electron chi connectivity index (χ1n) is 7.08. The van der Waals surface area contributed by atoms with E-state index in [1.54, 1.807) is 6.07 Å². The summed E-state index contributed by atoms with van der Waals surface area (Å²) in [5.74, 6) is 0. The van der Waals surface area contributed by atoms with Crippen molar-refractivity contribution < 1.29 is 8.42 Å². The summed E-state index contributed by atoms with van der Waals surface area (Å²) in [5.41, 5.74) is 2.04. The van der Waals surface area contributed by atoms with Crippen molar-refractivity contribution in [1.29, 1.82) is 0 Å². The lowest BCUT2D eigenvalue weighted by atomic mass is 9.75. The molecule has 112 valence electrons. The Morgan fingerprint density at radius 2 is 1.75 bits per heavy atom. The van der Waals surface area contributed by atoms with Gasteiger partial charge < -0.3 is 5.32 Å². The highest BCUT2D eigenvalue weighted by molar-refractivity contribution is 7.92. The lowest BCUT2D eigenvalue weighted by Crippen LogP contribution is -2.29. The Bertz CT molecular complexity index is 557. The highest BCUT2D eigenvalue weighted by atomic mass is 32.2. The summed E-state index contributed by atoms with van der Waals surface area (Å²) in [7, 11) is -3.22.